The molecule has 0 spiro atoms. The summed E-state index contributed by atoms with van der Waals surface area (Å²) in [6.45, 7) is 4.50. The highest BCUT2D eigenvalue weighted by Gasteiger charge is 2.31. The molecule has 3 unspecified atom stereocenters. The average molecular weight is 251 g/mol. The molecule has 0 radical (unpaired) electrons. The number of aliphatic hydroxyl groups is 1. The van der Waals surface area contributed by atoms with Crippen LogP contribution >= 0.6 is 0 Å². The van der Waals surface area contributed by atoms with Crippen LogP contribution < -0.4 is 5.32 Å². The minimum atomic E-state index is -0.182. The topological polar surface area (TPSA) is 59.3 Å². The lowest BCUT2D eigenvalue weighted by molar-refractivity contribution is 0.0892. The molecule has 3 atom stereocenters. The van der Waals surface area contributed by atoms with E-state index in [9.17, 15) is 5.11 Å². The van der Waals surface area contributed by atoms with Gasteiger partial charge in [-0.1, -0.05) is 6.92 Å². The molecule has 18 heavy (non-hydrogen) atoms. The van der Waals surface area contributed by atoms with Gasteiger partial charge in [-0.05, 0) is 38.0 Å². The van der Waals surface area contributed by atoms with E-state index in [1.807, 2.05) is 6.92 Å². The molecule has 1 heterocycles. The molecule has 102 valence electrons. The van der Waals surface area contributed by atoms with Crippen LogP contribution in [0.1, 0.15) is 39.0 Å². The largest absolute Gasteiger partial charge is 0.393 e. The molecule has 4 nitrogen and oxygen atoms in total. The molecule has 1 saturated carbocycles. The molecule has 2 N–H and O–H groups in total. The van der Waals surface area contributed by atoms with Crippen molar-refractivity contribution in [2.75, 3.05) is 19.6 Å². The molecule has 4 heteroatoms. The van der Waals surface area contributed by atoms with E-state index in [-0.39, 0.29) is 6.10 Å². The fourth-order valence-corrected chi connectivity index (χ4v) is 2.96. The summed E-state index contributed by atoms with van der Waals surface area (Å²) in [6, 6.07) is 3.47. The van der Waals surface area contributed by atoms with E-state index in [1.165, 1.54) is 12.8 Å². The quantitative estimate of drug-likeness (QED) is 0.694. The van der Waals surface area contributed by atoms with Gasteiger partial charge in [0.1, 0.15) is 0 Å². The highest BCUT2D eigenvalue weighted by Crippen LogP contribution is 2.26. The number of aliphatic hydroxyl groups excluding tert-OH is 1. The second-order valence-electron chi connectivity index (χ2n) is 5.89. The van der Waals surface area contributed by atoms with Gasteiger partial charge in [0.25, 0.3) is 0 Å². The van der Waals surface area contributed by atoms with Gasteiger partial charge in [0, 0.05) is 25.2 Å². The summed E-state index contributed by atoms with van der Waals surface area (Å²) in [5.41, 5.74) is 0. The molecular formula is C14H25N3O. The number of nitrogens with zero attached hydrogens (tertiary/aromatic N) is 2. The maximum Gasteiger partial charge on any atom is 0.0866 e. The molecule has 0 aromatic carbocycles. The fourth-order valence-electron chi connectivity index (χ4n) is 2.96. The summed E-state index contributed by atoms with van der Waals surface area (Å²) in [5.74, 6) is 0.526. The summed E-state index contributed by atoms with van der Waals surface area (Å²) in [7, 11) is 0. The van der Waals surface area contributed by atoms with Crippen molar-refractivity contribution in [3.8, 4) is 6.07 Å². The number of likely N-dealkylation sites (tertiary alicyclic amines) is 1. The first-order valence-corrected chi connectivity index (χ1v) is 7.24. The maximum absolute atomic E-state index is 9.80. The van der Waals surface area contributed by atoms with Crippen LogP contribution in [0.15, 0.2) is 0 Å². The Hall–Kier alpha value is -0.630. The van der Waals surface area contributed by atoms with Gasteiger partial charge in [0.05, 0.1) is 18.7 Å². The normalized spacial score (nSPS) is 30.9. The number of nitrogens with one attached hydrogen (secondary N) is 1. The summed E-state index contributed by atoms with van der Waals surface area (Å²) in [4.78, 5) is 2.23. The minimum Gasteiger partial charge on any atom is -0.393 e. The van der Waals surface area contributed by atoms with E-state index in [0.717, 1.165) is 32.4 Å². The number of piperidine rings is 1. The number of hydrogen-bond acceptors (Lipinski definition) is 4. The lowest BCUT2D eigenvalue weighted by Crippen LogP contribution is -2.50. The zero-order valence-electron chi connectivity index (χ0n) is 11.3. The predicted molar refractivity (Wildman–Crippen MR) is 71.0 cm³/mol. The first-order chi connectivity index (χ1) is 8.71. The van der Waals surface area contributed by atoms with E-state index in [1.54, 1.807) is 0 Å². The van der Waals surface area contributed by atoms with Crippen LogP contribution in [-0.2, 0) is 0 Å². The Bertz CT molecular complexity index is 298. The molecule has 2 rings (SSSR count). The van der Waals surface area contributed by atoms with E-state index in [4.69, 9.17) is 5.26 Å². The number of nitriles is 1. The van der Waals surface area contributed by atoms with Crippen LogP contribution in [0.25, 0.3) is 0 Å². The van der Waals surface area contributed by atoms with Crippen molar-refractivity contribution >= 4 is 0 Å². The van der Waals surface area contributed by atoms with Crippen LogP contribution in [0.2, 0.25) is 0 Å². The zero-order chi connectivity index (χ0) is 13.0. The molecule has 2 aliphatic rings. The SMILES string of the molecule is CCC(O)CC1CC(NC2CC2)CN(CC#N)C1. The fraction of sp³-hybridized carbons (Fsp3) is 0.929. The Morgan fingerprint density at radius 2 is 2.17 bits per heavy atom. The number of hydrogen-bond donors (Lipinski definition) is 2. The van der Waals surface area contributed by atoms with E-state index in [2.05, 4.69) is 16.3 Å². The Balaban J connectivity index is 1.85. The van der Waals surface area contributed by atoms with Crippen molar-refractivity contribution in [1.82, 2.24) is 10.2 Å². The lowest BCUT2D eigenvalue weighted by Gasteiger charge is -2.38. The molecular weight excluding hydrogens is 226 g/mol. The summed E-state index contributed by atoms with van der Waals surface area (Å²) < 4.78 is 0. The van der Waals surface area contributed by atoms with Crippen molar-refractivity contribution in [1.29, 1.82) is 5.26 Å². The highest BCUT2D eigenvalue weighted by molar-refractivity contribution is 4.92. The molecule has 0 bridgehead atoms. The second kappa shape index (κ2) is 6.51. The van der Waals surface area contributed by atoms with Crippen molar-refractivity contribution in [2.45, 2.75) is 57.2 Å². The summed E-state index contributed by atoms with van der Waals surface area (Å²) in [6.07, 6.45) is 5.28. The van der Waals surface area contributed by atoms with Gasteiger partial charge in [-0.25, -0.2) is 0 Å². The number of rotatable bonds is 6. The van der Waals surface area contributed by atoms with Crippen molar-refractivity contribution in [2.24, 2.45) is 5.92 Å². The summed E-state index contributed by atoms with van der Waals surface area (Å²) >= 11 is 0. The molecule has 0 amide bonds. The van der Waals surface area contributed by atoms with Crippen LogP contribution in [0, 0.1) is 17.2 Å². The first kappa shape index (κ1) is 13.8. The standard InChI is InChI=1S/C14H25N3O/c1-2-14(18)8-11-7-13(16-12-3-4-12)10-17(9-11)6-5-15/h11-14,16,18H,2-4,6-10H2,1H3. The first-order valence-electron chi connectivity index (χ1n) is 7.24. The van der Waals surface area contributed by atoms with Crippen LogP contribution in [0.5, 0.6) is 0 Å². The van der Waals surface area contributed by atoms with Gasteiger partial charge >= 0.3 is 0 Å². The van der Waals surface area contributed by atoms with E-state index >= 15 is 0 Å². The highest BCUT2D eigenvalue weighted by atomic mass is 16.3. The third-order valence-electron chi connectivity index (χ3n) is 4.03. The van der Waals surface area contributed by atoms with Gasteiger partial charge in [0.2, 0.25) is 0 Å². The van der Waals surface area contributed by atoms with Crippen LogP contribution in [0.3, 0.4) is 0 Å². The maximum atomic E-state index is 9.80. The van der Waals surface area contributed by atoms with Crippen LogP contribution in [-0.4, -0.2) is 47.8 Å². The molecule has 2 fully saturated rings. The predicted octanol–water partition coefficient (Wildman–Crippen LogP) is 1.11. The molecule has 1 aliphatic heterocycles. The second-order valence-corrected chi connectivity index (χ2v) is 5.89. The van der Waals surface area contributed by atoms with Crippen LogP contribution in [0.4, 0.5) is 0 Å². The minimum absolute atomic E-state index is 0.182. The molecule has 0 aromatic heterocycles. The van der Waals surface area contributed by atoms with Crippen molar-refractivity contribution in [3.63, 3.8) is 0 Å². The molecule has 0 aromatic rings. The van der Waals surface area contributed by atoms with Gasteiger partial charge in [-0.2, -0.15) is 5.26 Å². The third-order valence-corrected chi connectivity index (χ3v) is 4.03. The monoisotopic (exact) mass is 251 g/mol. The van der Waals surface area contributed by atoms with Gasteiger partial charge in [-0.3, -0.25) is 4.90 Å². The average Bonchev–Trinajstić information content (AvgIpc) is 3.13. The third kappa shape index (κ3) is 4.24. The van der Waals surface area contributed by atoms with E-state index in [0.29, 0.717) is 24.5 Å². The van der Waals surface area contributed by atoms with E-state index < -0.39 is 0 Å². The molecule has 1 saturated heterocycles. The van der Waals surface area contributed by atoms with Gasteiger partial charge < -0.3 is 10.4 Å². The Morgan fingerprint density at radius 3 is 2.78 bits per heavy atom. The Morgan fingerprint density at radius 1 is 1.39 bits per heavy atom. The van der Waals surface area contributed by atoms with Gasteiger partial charge in [-0.15, -0.1) is 0 Å². The Labute approximate surface area is 110 Å². The van der Waals surface area contributed by atoms with Gasteiger partial charge in [0.15, 0.2) is 0 Å². The van der Waals surface area contributed by atoms with Crippen molar-refractivity contribution < 1.29 is 5.11 Å². The zero-order valence-corrected chi connectivity index (χ0v) is 11.3. The van der Waals surface area contributed by atoms with Crippen molar-refractivity contribution in [3.05, 3.63) is 0 Å². The summed E-state index contributed by atoms with van der Waals surface area (Å²) in [5, 5.41) is 22.3. The smallest absolute Gasteiger partial charge is 0.0866 e. The molecule has 1 aliphatic carbocycles. The Kier molecular flexibility index (Phi) is 4.99. The lowest BCUT2D eigenvalue weighted by atomic mass is 9.89.